The Hall–Kier alpha value is -3.16. The molecule has 1 aromatic carbocycles. The van der Waals surface area contributed by atoms with Crippen LogP contribution >= 0.6 is 0 Å². The number of imidazole rings is 1. The Kier molecular flexibility index (Phi) is 6.06. The van der Waals surface area contributed by atoms with E-state index in [4.69, 9.17) is 9.47 Å². The molecule has 0 aliphatic heterocycles. The molecule has 0 aliphatic carbocycles. The highest BCUT2D eigenvalue weighted by atomic mass is 16.5. The van der Waals surface area contributed by atoms with Gasteiger partial charge < -0.3 is 24.1 Å². The maximum atomic E-state index is 11.3. The summed E-state index contributed by atoms with van der Waals surface area (Å²) in [6.45, 7) is 4.95. The number of hydrogen-bond acceptors (Lipinski definition) is 5. The van der Waals surface area contributed by atoms with Crippen LogP contribution in [-0.2, 0) is 16.8 Å². The number of aromatic amines is 1. The Balaban J connectivity index is 1.55. The van der Waals surface area contributed by atoms with Crippen LogP contribution in [0.4, 0.5) is 0 Å². The molecule has 0 amide bonds. The molecule has 2 N–H and O–H groups in total. The molecular formula is C24H28N4O3. The van der Waals surface area contributed by atoms with Gasteiger partial charge in [0.25, 0.3) is 0 Å². The maximum absolute atomic E-state index is 11.3. The van der Waals surface area contributed by atoms with Gasteiger partial charge in [0.15, 0.2) is 0 Å². The molecule has 0 saturated carbocycles. The van der Waals surface area contributed by atoms with Crippen molar-refractivity contribution in [3.8, 4) is 11.4 Å². The minimum atomic E-state index is -1.21. The lowest BCUT2D eigenvalue weighted by Gasteiger charge is -2.22. The Morgan fingerprint density at radius 2 is 1.97 bits per heavy atom. The molecule has 0 fully saturated rings. The number of aromatic nitrogens is 4. The second-order valence-corrected chi connectivity index (χ2v) is 7.90. The molecule has 1 atom stereocenters. The summed E-state index contributed by atoms with van der Waals surface area (Å²) in [5.74, 6) is 1.29. The highest BCUT2D eigenvalue weighted by Gasteiger charge is 2.29. The number of ether oxygens (including phenoxy) is 2. The van der Waals surface area contributed by atoms with Crippen LogP contribution in [0.3, 0.4) is 0 Å². The van der Waals surface area contributed by atoms with Gasteiger partial charge in [0, 0.05) is 56.4 Å². The highest BCUT2D eigenvalue weighted by molar-refractivity contribution is 5.77. The zero-order valence-electron chi connectivity index (χ0n) is 18.1. The van der Waals surface area contributed by atoms with E-state index < -0.39 is 5.60 Å². The van der Waals surface area contributed by atoms with Crippen molar-refractivity contribution in [3.05, 3.63) is 72.1 Å². The van der Waals surface area contributed by atoms with Crippen molar-refractivity contribution in [2.45, 2.75) is 32.3 Å². The number of nitrogens with zero attached hydrogens (tertiary/aromatic N) is 3. The molecule has 3 aromatic heterocycles. The molecule has 1 unspecified atom stereocenters. The Morgan fingerprint density at radius 3 is 2.74 bits per heavy atom. The van der Waals surface area contributed by atoms with Gasteiger partial charge in [-0.25, -0.2) is 4.98 Å². The number of H-pyrrole nitrogens is 1. The van der Waals surface area contributed by atoms with E-state index in [0.29, 0.717) is 25.5 Å². The predicted molar refractivity (Wildman–Crippen MR) is 120 cm³/mol. The first kappa shape index (κ1) is 21.1. The van der Waals surface area contributed by atoms with Crippen molar-refractivity contribution >= 4 is 11.0 Å². The van der Waals surface area contributed by atoms with Gasteiger partial charge in [-0.15, -0.1) is 0 Å². The SMILES string of the molecule is COCCCOc1ccnc(CC(C)(O)c2nc3ccc(-n4cccc4)cc3[nH]2)c1C. The van der Waals surface area contributed by atoms with Crippen LogP contribution in [0.15, 0.2) is 55.0 Å². The fourth-order valence-electron chi connectivity index (χ4n) is 3.61. The normalized spacial score (nSPS) is 13.4. The molecule has 0 saturated heterocycles. The summed E-state index contributed by atoms with van der Waals surface area (Å²) in [5, 5.41) is 11.3. The van der Waals surface area contributed by atoms with Crippen molar-refractivity contribution in [2.24, 2.45) is 0 Å². The van der Waals surface area contributed by atoms with E-state index >= 15 is 0 Å². The van der Waals surface area contributed by atoms with Gasteiger partial charge in [0.1, 0.15) is 17.2 Å². The van der Waals surface area contributed by atoms with Gasteiger partial charge >= 0.3 is 0 Å². The Labute approximate surface area is 181 Å². The third kappa shape index (κ3) is 4.62. The third-order valence-electron chi connectivity index (χ3n) is 5.40. The van der Waals surface area contributed by atoms with Crippen molar-refractivity contribution < 1.29 is 14.6 Å². The van der Waals surface area contributed by atoms with Crippen LogP contribution in [0, 0.1) is 6.92 Å². The standard InChI is InChI=1S/C24H28N4O3/c1-17-21(25-10-9-22(17)31-14-6-13-30-3)16-24(2,29)23-26-19-8-7-18(15-20(19)27-23)28-11-4-5-12-28/h4-5,7-12,15,29H,6,13-14,16H2,1-3H3,(H,26,27). The average Bonchev–Trinajstić information content (AvgIpc) is 3.43. The van der Waals surface area contributed by atoms with Crippen molar-refractivity contribution in [1.29, 1.82) is 0 Å². The molecule has 162 valence electrons. The van der Waals surface area contributed by atoms with Crippen molar-refractivity contribution in [3.63, 3.8) is 0 Å². The Morgan fingerprint density at radius 1 is 1.16 bits per heavy atom. The minimum absolute atomic E-state index is 0.318. The number of pyridine rings is 1. The zero-order valence-corrected chi connectivity index (χ0v) is 18.1. The average molecular weight is 421 g/mol. The van der Waals surface area contributed by atoms with Crippen LogP contribution in [0.25, 0.3) is 16.7 Å². The molecule has 31 heavy (non-hydrogen) atoms. The first-order valence-electron chi connectivity index (χ1n) is 10.4. The highest BCUT2D eigenvalue weighted by Crippen LogP contribution is 2.29. The van der Waals surface area contributed by atoms with E-state index in [9.17, 15) is 5.11 Å². The molecule has 7 nitrogen and oxygen atoms in total. The van der Waals surface area contributed by atoms with Crippen LogP contribution in [-0.4, -0.2) is 44.9 Å². The number of aliphatic hydroxyl groups is 1. The number of methoxy groups -OCH3 is 1. The second-order valence-electron chi connectivity index (χ2n) is 7.90. The molecule has 3 heterocycles. The summed E-state index contributed by atoms with van der Waals surface area (Å²) in [7, 11) is 1.68. The zero-order chi connectivity index (χ0) is 21.8. The van der Waals surface area contributed by atoms with Crippen molar-refractivity contribution in [1.82, 2.24) is 19.5 Å². The van der Waals surface area contributed by atoms with E-state index in [1.807, 2.05) is 60.3 Å². The first-order chi connectivity index (χ1) is 15.0. The monoisotopic (exact) mass is 420 g/mol. The van der Waals surface area contributed by atoms with Gasteiger partial charge in [0.2, 0.25) is 0 Å². The van der Waals surface area contributed by atoms with Gasteiger partial charge in [-0.3, -0.25) is 4.98 Å². The van der Waals surface area contributed by atoms with Gasteiger partial charge in [-0.1, -0.05) is 0 Å². The third-order valence-corrected chi connectivity index (χ3v) is 5.40. The van der Waals surface area contributed by atoms with E-state index in [0.717, 1.165) is 40.1 Å². The van der Waals surface area contributed by atoms with Gasteiger partial charge in [0.05, 0.1) is 23.3 Å². The van der Waals surface area contributed by atoms with Crippen molar-refractivity contribution in [2.75, 3.05) is 20.3 Å². The summed E-state index contributed by atoms with van der Waals surface area (Å²) in [4.78, 5) is 12.4. The van der Waals surface area contributed by atoms with E-state index in [2.05, 4.69) is 15.0 Å². The Bertz CT molecular complexity index is 1150. The predicted octanol–water partition coefficient (Wildman–Crippen LogP) is 3.92. The lowest BCUT2D eigenvalue weighted by molar-refractivity contribution is 0.0480. The van der Waals surface area contributed by atoms with E-state index in [1.54, 1.807) is 20.2 Å². The lowest BCUT2D eigenvalue weighted by atomic mass is 9.96. The largest absolute Gasteiger partial charge is 0.493 e. The number of nitrogens with one attached hydrogen (secondary N) is 1. The molecule has 7 heteroatoms. The smallest absolute Gasteiger partial charge is 0.139 e. The van der Waals surface area contributed by atoms with Crippen LogP contribution in [0.2, 0.25) is 0 Å². The van der Waals surface area contributed by atoms with Gasteiger partial charge in [-0.05, 0) is 50.2 Å². The number of fused-ring (bicyclic) bond motifs is 1. The van der Waals surface area contributed by atoms with Gasteiger partial charge in [-0.2, -0.15) is 0 Å². The molecule has 0 aliphatic rings. The lowest BCUT2D eigenvalue weighted by Crippen LogP contribution is -2.27. The number of hydrogen-bond donors (Lipinski definition) is 2. The molecular weight excluding hydrogens is 392 g/mol. The van der Waals surface area contributed by atoms with E-state index in [-0.39, 0.29) is 0 Å². The van der Waals surface area contributed by atoms with E-state index in [1.165, 1.54) is 0 Å². The summed E-state index contributed by atoms with van der Waals surface area (Å²) in [6.07, 6.45) is 6.83. The molecule has 0 spiro atoms. The molecule has 4 aromatic rings. The van der Waals surface area contributed by atoms with Crippen LogP contribution in [0.5, 0.6) is 5.75 Å². The summed E-state index contributed by atoms with van der Waals surface area (Å²) in [5.41, 5.74) is 3.21. The topological polar surface area (TPSA) is 85.2 Å². The quantitative estimate of drug-likeness (QED) is 0.401. The molecule has 0 radical (unpaired) electrons. The minimum Gasteiger partial charge on any atom is -0.493 e. The first-order valence-corrected chi connectivity index (χ1v) is 10.4. The van der Waals surface area contributed by atoms with Crippen LogP contribution in [0.1, 0.15) is 30.4 Å². The fraction of sp³-hybridized carbons (Fsp3) is 0.333. The second kappa shape index (κ2) is 8.91. The maximum Gasteiger partial charge on any atom is 0.139 e. The van der Waals surface area contributed by atoms with Crippen LogP contribution < -0.4 is 4.74 Å². The number of benzene rings is 1. The summed E-state index contributed by atoms with van der Waals surface area (Å²) in [6, 6.07) is 11.8. The fourth-order valence-corrected chi connectivity index (χ4v) is 3.61. The summed E-state index contributed by atoms with van der Waals surface area (Å²) < 4.78 is 13.0. The number of rotatable bonds is 9. The molecule has 4 rings (SSSR count). The summed E-state index contributed by atoms with van der Waals surface area (Å²) >= 11 is 0. The molecule has 0 bridgehead atoms.